The van der Waals surface area contributed by atoms with Crippen LogP contribution in [0.15, 0.2) is 34.9 Å². The quantitative estimate of drug-likeness (QED) is 0.594. The lowest BCUT2D eigenvalue weighted by atomic mass is 10.1. The fourth-order valence-corrected chi connectivity index (χ4v) is 3.00. The number of hydrogen-bond acceptors (Lipinski definition) is 6. The van der Waals surface area contributed by atoms with E-state index in [-0.39, 0.29) is 12.2 Å². The summed E-state index contributed by atoms with van der Waals surface area (Å²) in [5.74, 6) is -3.02. The van der Waals surface area contributed by atoms with Crippen molar-refractivity contribution in [2.45, 2.75) is 6.92 Å². The van der Waals surface area contributed by atoms with Crippen LogP contribution in [0, 0.1) is 0 Å². The number of ether oxygens (including phenoxy) is 1. The summed E-state index contributed by atoms with van der Waals surface area (Å²) in [7, 11) is -3.86. The van der Waals surface area contributed by atoms with E-state index in [1.807, 2.05) is 0 Å². The lowest BCUT2D eigenvalue weighted by Gasteiger charge is -2.03. The van der Waals surface area contributed by atoms with Crippen LogP contribution in [0.1, 0.15) is 17.3 Å². The molecule has 0 amide bonds. The molecule has 0 bridgehead atoms. The maximum atomic E-state index is 12.1. The number of esters is 1. The standard InChI is InChI=1S/C14H14O6S/c1-2-19-14(16)9-21(17,18)8-12(15)11-7-20-13-6-4-3-5-10(11)13/h3-7H,2,8-9H2,1H3. The minimum Gasteiger partial charge on any atom is -0.465 e. The van der Waals surface area contributed by atoms with Crippen LogP contribution in [0.2, 0.25) is 0 Å². The molecule has 2 rings (SSSR count). The molecule has 0 radical (unpaired) electrons. The topological polar surface area (TPSA) is 90.7 Å². The van der Waals surface area contributed by atoms with Gasteiger partial charge in [0.15, 0.2) is 15.6 Å². The van der Waals surface area contributed by atoms with Crippen molar-refractivity contribution in [1.29, 1.82) is 0 Å². The third-order valence-corrected chi connectivity index (χ3v) is 4.15. The van der Waals surface area contributed by atoms with E-state index in [0.29, 0.717) is 11.0 Å². The molecule has 1 heterocycles. The molecule has 7 heteroatoms. The van der Waals surface area contributed by atoms with Crippen molar-refractivity contribution in [1.82, 2.24) is 0 Å². The predicted octanol–water partition coefficient (Wildman–Crippen LogP) is 1.59. The molecular formula is C14H14O6S. The van der Waals surface area contributed by atoms with E-state index in [0.717, 1.165) is 0 Å². The molecule has 0 aliphatic carbocycles. The van der Waals surface area contributed by atoms with Gasteiger partial charge in [0.1, 0.15) is 23.4 Å². The molecule has 0 saturated heterocycles. The number of ketones is 1. The summed E-state index contributed by atoms with van der Waals surface area (Å²) in [6.07, 6.45) is 1.23. The summed E-state index contributed by atoms with van der Waals surface area (Å²) >= 11 is 0. The number of fused-ring (bicyclic) bond motifs is 1. The van der Waals surface area contributed by atoms with Crippen molar-refractivity contribution in [2.75, 3.05) is 18.1 Å². The highest BCUT2D eigenvalue weighted by molar-refractivity contribution is 7.92. The van der Waals surface area contributed by atoms with E-state index >= 15 is 0 Å². The highest BCUT2D eigenvalue weighted by Crippen LogP contribution is 2.21. The van der Waals surface area contributed by atoms with E-state index in [1.165, 1.54) is 6.26 Å². The smallest absolute Gasteiger partial charge is 0.321 e. The Morgan fingerprint density at radius 1 is 1.19 bits per heavy atom. The summed E-state index contributed by atoms with van der Waals surface area (Å²) in [6.45, 7) is 1.67. The Labute approximate surface area is 121 Å². The fraction of sp³-hybridized carbons (Fsp3) is 0.286. The Hall–Kier alpha value is -2.15. The number of carbonyl (C=O) groups is 2. The van der Waals surface area contributed by atoms with Gasteiger partial charge in [-0.2, -0.15) is 0 Å². The zero-order valence-electron chi connectivity index (χ0n) is 11.4. The lowest BCUT2D eigenvalue weighted by Crippen LogP contribution is -2.25. The van der Waals surface area contributed by atoms with E-state index in [2.05, 4.69) is 4.74 Å². The van der Waals surface area contributed by atoms with Crippen LogP contribution in [-0.4, -0.2) is 38.3 Å². The molecule has 0 aliphatic heterocycles. The molecule has 2 aromatic rings. The fourth-order valence-electron chi connectivity index (χ4n) is 1.90. The number of rotatable bonds is 6. The first-order chi connectivity index (χ1) is 9.93. The van der Waals surface area contributed by atoms with Gasteiger partial charge in [-0.15, -0.1) is 0 Å². The number of sulfone groups is 1. The van der Waals surface area contributed by atoms with Gasteiger partial charge in [-0.3, -0.25) is 9.59 Å². The molecule has 0 spiro atoms. The molecule has 21 heavy (non-hydrogen) atoms. The largest absolute Gasteiger partial charge is 0.465 e. The van der Waals surface area contributed by atoms with Crippen LogP contribution in [-0.2, 0) is 19.4 Å². The Morgan fingerprint density at radius 3 is 2.62 bits per heavy atom. The second-order valence-electron chi connectivity index (χ2n) is 4.41. The second-order valence-corrected chi connectivity index (χ2v) is 6.47. The molecule has 0 saturated carbocycles. The zero-order chi connectivity index (χ0) is 15.5. The molecule has 6 nitrogen and oxygen atoms in total. The SMILES string of the molecule is CCOC(=O)CS(=O)(=O)CC(=O)c1coc2ccccc12. The van der Waals surface area contributed by atoms with Gasteiger partial charge in [0.2, 0.25) is 0 Å². The maximum Gasteiger partial charge on any atom is 0.321 e. The van der Waals surface area contributed by atoms with Crippen LogP contribution in [0.4, 0.5) is 0 Å². The van der Waals surface area contributed by atoms with Crippen LogP contribution in [0.25, 0.3) is 11.0 Å². The van der Waals surface area contributed by atoms with Crippen LogP contribution in [0.3, 0.4) is 0 Å². The average molecular weight is 310 g/mol. The molecule has 0 atom stereocenters. The number of furan rings is 1. The minimum absolute atomic E-state index is 0.0919. The second kappa shape index (κ2) is 6.09. The maximum absolute atomic E-state index is 12.1. The van der Waals surface area contributed by atoms with E-state index in [1.54, 1.807) is 31.2 Å². The first kappa shape index (κ1) is 15.2. The summed E-state index contributed by atoms with van der Waals surface area (Å²) in [6, 6.07) is 6.82. The van der Waals surface area contributed by atoms with E-state index in [9.17, 15) is 18.0 Å². The minimum atomic E-state index is -3.86. The third-order valence-electron chi connectivity index (χ3n) is 2.78. The molecular weight excluding hydrogens is 296 g/mol. The van der Waals surface area contributed by atoms with Gasteiger partial charge in [-0.05, 0) is 13.0 Å². The highest BCUT2D eigenvalue weighted by atomic mass is 32.2. The van der Waals surface area contributed by atoms with Crippen molar-refractivity contribution < 1.29 is 27.2 Å². The summed E-state index contributed by atoms with van der Waals surface area (Å²) in [5.41, 5.74) is 0.696. The number of Topliss-reactive ketones (excluding diaryl/α,β-unsaturated/α-hetero) is 1. The van der Waals surface area contributed by atoms with Gasteiger partial charge in [-0.1, -0.05) is 18.2 Å². The van der Waals surface area contributed by atoms with E-state index < -0.39 is 33.1 Å². The monoisotopic (exact) mass is 310 g/mol. The summed E-state index contributed by atoms with van der Waals surface area (Å²) in [4.78, 5) is 23.3. The zero-order valence-corrected chi connectivity index (χ0v) is 12.2. The Kier molecular flexibility index (Phi) is 4.42. The van der Waals surface area contributed by atoms with Gasteiger partial charge >= 0.3 is 5.97 Å². The summed E-state index contributed by atoms with van der Waals surface area (Å²) in [5, 5.41) is 0.550. The third kappa shape index (κ3) is 3.69. The highest BCUT2D eigenvalue weighted by Gasteiger charge is 2.24. The summed E-state index contributed by atoms with van der Waals surface area (Å²) < 4.78 is 33.4. The molecule has 112 valence electrons. The Balaban J connectivity index is 2.16. The van der Waals surface area contributed by atoms with Crippen molar-refractivity contribution in [3.05, 3.63) is 36.1 Å². The van der Waals surface area contributed by atoms with Crippen LogP contribution in [0.5, 0.6) is 0 Å². The van der Waals surface area contributed by atoms with Gasteiger partial charge in [0.25, 0.3) is 0 Å². The van der Waals surface area contributed by atoms with Crippen molar-refractivity contribution in [3.8, 4) is 0 Å². The molecule has 0 N–H and O–H groups in total. The van der Waals surface area contributed by atoms with Crippen LogP contribution >= 0.6 is 0 Å². The van der Waals surface area contributed by atoms with Gasteiger partial charge < -0.3 is 9.15 Å². The van der Waals surface area contributed by atoms with Crippen molar-refractivity contribution in [2.24, 2.45) is 0 Å². The van der Waals surface area contributed by atoms with Crippen molar-refractivity contribution >= 4 is 32.6 Å². The molecule has 0 unspecified atom stereocenters. The van der Waals surface area contributed by atoms with Gasteiger partial charge in [0.05, 0.1) is 12.2 Å². The average Bonchev–Trinajstić information content (AvgIpc) is 2.81. The molecule has 0 fully saturated rings. The molecule has 1 aromatic heterocycles. The number of hydrogen-bond donors (Lipinski definition) is 0. The normalized spacial score (nSPS) is 11.5. The first-order valence-electron chi connectivity index (χ1n) is 6.28. The molecule has 1 aromatic carbocycles. The first-order valence-corrected chi connectivity index (χ1v) is 8.10. The van der Waals surface area contributed by atoms with Crippen LogP contribution < -0.4 is 0 Å². The van der Waals surface area contributed by atoms with Gasteiger partial charge in [-0.25, -0.2) is 8.42 Å². The Bertz CT molecular complexity index is 772. The number of benzene rings is 1. The predicted molar refractivity (Wildman–Crippen MR) is 75.8 cm³/mol. The number of carbonyl (C=O) groups excluding carboxylic acids is 2. The number of para-hydroxylation sites is 1. The Morgan fingerprint density at radius 2 is 1.90 bits per heavy atom. The van der Waals surface area contributed by atoms with E-state index in [4.69, 9.17) is 4.42 Å². The van der Waals surface area contributed by atoms with Gasteiger partial charge in [0, 0.05) is 5.39 Å². The lowest BCUT2D eigenvalue weighted by molar-refractivity contribution is -0.139. The molecule has 0 aliphatic rings. The van der Waals surface area contributed by atoms with Crippen molar-refractivity contribution in [3.63, 3.8) is 0 Å².